The fraction of sp³-hybridized carbons (Fsp3) is 0.619. The molecule has 0 bridgehead atoms. The highest BCUT2D eigenvalue weighted by atomic mass is 127. The quantitative estimate of drug-likeness (QED) is 0.158. The van der Waals surface area contributed by atoms with Gasteiger partial charge in [0.2, 0.25) is 0 Å². The number of rotatable bonds is 4. The van der Waals surface area contributed by atoms with Crippen LogP contribution in [-0.2, 0) is 0 Å². The van der Waals surface area contributed by atoms with Gasteiger partial charge in [0.25, 0.3) is 0 Å². The summed E-state index contributed by atoms with van der Waals surface area (Å²) in [4.78, 5) is 0. The van der Waals surface area contributed by atoms with Crippen molar-refractivity contribution in [3.05, 3.63) is 47.5 Å². The first-order chi connectivity index (χ1) is 12.1. The first kappa shape index (κ1) is 21.9. The predicted molar refractivity (Wildman–Crippen MR) is 140 cm³/mol. The number of benzene rings is 1. The zero-order valence-electron chi connectivity index (χ0n) is 15.7. The third-order valence-electron chi connectivity index (χ3n) is 7.14. The van der Waals surface area contributed by atoms with Gasteiger partial charge >= 0.3 is 0 Å². The van der Waals surface area contributed by atoms with Crippen molar-refractivity contribution in [2.24, 2.45) is 5.41 Å². The summed E-state index contributed by atoms with van der Waals surface area (Å²) >= 11 is 7.58. The van der Waals surface area contributed by atoms with Gasteiger partial charge in [0.05, 0.1) is 0 Å². The normalized spacial score (nSPS) is 33.5. The third-order valence-corrected chi connectivity index (χ3v) is 9.94. The molecule has 5 heteroatoms. The van der Waals surface area contributed by atoms with Gasteiger partial charge in [-0.15, -0.1) is 0 Å². The van der Waals surface area contributed by atoms with Gasteiger partial charge in [0.15, 0.2) is 7.28 Å². The van der Waals surface area contributed by atoms with Gasteiger partial charge in [-0.1, -0.05) is 118 Å². The molecule has 1 aromatic rings. The second kappa shape index (κ2) is 8.13. The molecule has 1 nitrogen and oxygen atoms in total. The molecule has 3 rings (SSSR count). The Morgan fingerprint density at radius 2 is 1.69 bits per heavy atom. The second-order valence-corrected chi connectivity index (χ2v) is 19.7. The molecule has 2 aliphatic carbocycles. The van der Waals surface area contributed by atoms with Crippen LogP contribution in [0.25, 0.3) is 0 Å². The maximum Gasteiger partial charge on any atom is 0.158 e. The zero-order chi connectivity index (χ0) is 19.2. The molecule has 0 heterocycles. The average molecular weight is 688 g/mol. The molecule has 2 atom stereocenters. The smallest absolute Gasteiger partial charge is 0.158 e. The monoisotopic (exact) mass is 688 g/mol. The van der Waals surface area contributed by atoms with Crippen LogP contribution in [0.1, 0.15) is 68.4 Å². The molecule has 1 unspecified atom stereocenters. The Balaban J connectivity index is 1.73. The van der Waals surface area contributed by atoms with E-state index in [0.717, 1.165) is 33.0 Å². The number of hydrogen-bond donors (Lipinski definition) is 1. The molecule has 142 valence electrons. The number of allylic oxidation sites excluding steroid dienone is 1. The third kappa shape index (κ3) is 4.35. The van der Waals surface area contributed by atoms with Crippen molar-refractivity contribution in [3.63, 3.8) is 0 Å². The van der Waals surface area contributed by atoms with E-state index in [1.165, 1.54) is 29.5 Å². The number of aliphatic hydroxyl groups is 1. The van der Waals surface area contributed by atoms with E-state index >= 15 is 0 Å². The molecule has 0 saturated heterocycles. The van der Waals surface area contributed by atoms with E-state index in [0.29, 0.717) is 11.8 Å². The Bertz CT molecular complexity index is 657. The molecule has 2 aliphatic rings. The van der Waals surface area contributed by atoms with Crippen molar-refractivity contribution in [3.8, 4) is 0 Å². The van der Waals surface area contributed by atoms with Gasteiger partial charge in [-0.25, -0.2) is 0 Å². The Morgan fingerprint density at radius 3 is 2.19 bits per heavy atom. The van der Waals surface area contributed by atoms with Crippen LogP contribution in [0, 0.1) is 5.41 Å². The molecule has 2 fully saturated rings. The molecule has 0 radical (unpaired) electrons. The van der Waals surface area contributed by atoms with Crippen LogP contribution in [-0.4, -0.2) is 17.3 Å². The number of alkyl halides is 3. The summed E-state index contributed by atoms with van der Waals surface area (Å²) in [6.45, 7) is 8.99. The molecule has 1 aromatic carbocycles. The summed E-state index contributed by atoms with van der Waals surface area (Å²) in [7, 11) is 0.880. The van der Waals surface area contributed by atoms with E-state index in [9.17, 15) is 5.11 Å². The van der Waals surface area contributed by atoms with E-state index in [-0.39, 0.29) is 4.85 Å². The summed E-state index contributed by atoms with van der Waals surface area (Å²) in [5, 5.41) is 10.6. The lowest BCUT2D eigenvalue weighted by Crippen LogP contribution is -2.42. The Kier molecular flexibility index (Phi) is 6.84. The van der Waals surface area contributed by atoms with Crippen molar-refractivity contribution in [2.45, 2.75) is 69.0 Å². The minimum Gasteiger partial charge on any atom is -0.399 e. The molecule has 0 aromatic heterocycles. The largest absolute Gasteiger partial charge is 0.399 e. The average Bonchev–Trinajstić information content (AvgIpc) is 2.93. The lowest BCUT2D eigenvalue weighted by atomic mass is 9.52. The van der Waals surface area contributed by atoms with Gasteiger partial charge in [-0.05, 0) is 55.1 Å². The molecule has 2 saturated carbocycles. The van der Waals surface area contributed by atoms with Crippen molar-refractivity contribution in [1.29, 1.82) is 0 Å². The van der Waals surface area contributed by atoms with E-state index < -0.39 is 5.50 Å². The summed E-state index contributed by atoms with van der Waals surface area (Å²) in [5.41, 5.74) is 4.13. The Morgan fingerprint density at radius 1 is 1.12 bits per heavy atom. The lowest BCUT2D eigenvalue weighted by Gasteiger charge is -2.43. The first-order valence-electron chi connectivity index (χ1n) is 9.68. The van der Waals surface area contributed by atoms with Crippen molar-refractivity contribution in [1.82, 2.24) is 0 Å². The minimum atomic E-state index is -0.424. The maximum atomic E-state index is 10.6. The van der Waals surface area contributed by atoms with Crippen LogP contribution in [0.15, 0.2) is 36.4 Å². The second-order valence-electron chi connectivity index (χ2n) is 8.40. The molecular weight excluding hydrogens is 660 g/mol. The molecule has 0 aliphatic heterocycles. The van der Waals surface area contributed by atoms with Crippen LogP contribution >= 0.6 is 67.8 Å². The van der Waals surface area contributed by atoms with Gasteiger partial charge in [-0.2, -0.15) is 0 Å². The minimum absolute atomic E-state index is 0.202. The highest BCUT2D eigenvalue weighted by Gasteiger charge is 2.47. The molecule has 0 amide bonds. The summed E-state index contributed by atoms with van der Waals surface area (Å²) in [6, 6.07) is 9.31. The van der Waals surface area contributed by atoms with Crippen LogP contribution < -0.4 is 0 Å². The van der Waals surface area contributed by atoms with Crippen molar-refractivity contribution < 1.29 is 5.11 Å². The Labute approximate surface area is 200 Å². The highest BCUT2D eigenvalue weighted by molar-refractivity contribution is 14.3. The van der Waals surface area contributed by atoms with Crippen LogP contribution in [0.3, 0.4) is 0 Å². The van der Waals surface area contributed by atoms with Gasteiger partial charge < -0.3 is 5.11 Å². The molecule has 1 N–H and O–H groups in total. The van der Waals surface area contributed by atoms with E-state index in [4.69, 9.17) is 0 Å². The lowest BCUT2D eigenvalue weighted by molar-refractivity contribution is 0.0427. The van der Waals surface area contributed by atoms with Crippen LogP contribution in [0.2, 0.25) is 6.82 Å². The summed E-state index contributed by atoms with van der Waals surface area (Å²) < 4.78 is 0.202. The van der Waals surface area contributed by atoms with Crippen LogP contribution in [0.4, 0.5) is 0 Å². The molecular formula is C21H28BI3O. The van der Waals surface area contributed by atoms with E-state index in [1.807, 2.05) is 0 Å². The fourth-order valence-corrected chi connectivity index (χ4v) is 5.90. The van der Waals surface area contributed by atoms with Crippen molar-refractivity contribution >= 4 is 75.1 Å². The molecule has 26 heavy (non-hydrogen) atoms. The topological polar surface area (TPSA) is 20.2 Å². The number of halogens is 3. The summed E-state index contributed by atoms with van der Waals surface area (Å²) in [6.07, 6.45) is 6.56. The zero-order valence-corrected chi connectivity index (χ0v) is 22.2. The molecule has 1 spiro atoms. The first-order valence-corrected chi connectivity index (χ1v) is 12.9. The van der Waals surface area contributed by atoms with Gasteiger partial charge in [0.1, 0.15) is -0.565 Å². The Hall–Kier alpha value is 1.17. The SMILES string of the molecule is C=C1C(c2ccc([C@@H](C)C(I)(I)I)cc2)CC[C@]12CC[C@@](O)(BC)CC2. The summed E-state index contributed by atoms with van der Waals surface area (Å²) in [5.74, 6) is 1.01. The standard InChI is InChI=1S/C21H28BI3O/c1-14(21(23,24)25)16-4-6-17(7-5-16)18-8-9-19(15(18)2)10-12-20(26,22-3)13-11-19/h4-7,14,18,22,26H,2,8-13H2,1,3H3/t14-,18?,19-,20+/m1/s1. The van der Waals surface area contributed by atoms with E-state index in [1.54, 1.807) is 0 Å². The van der Waals surface area contributed by atoms with Gasteiger partial charge in [-0.3, -0.25) is 0 Å². The van der Waals surface area contributed by atoms with Crippen molar-refractivity contribution in [2.75, 3.05) is 0 Å². The van der Waals surface area contributed by atoms with Crippen LogP contribution in [0.5, 0.6) is 0 Å². The van der Waals surface area contributed by atoms with Gasteiger partial charge in [0, 0.05) is 17.3 Å². The van der Waals surface area contributed by atoms with E-state index in [2.05, 4.69) is 112 Å². The highest BCUT2D eigenvalue weighted by Crippen LogP contribution is 2.58. The number of hydrogen-bond acceptors (Lipinski definition) is 1. The fourth-order valence-electron chi connectivity index (χ4n) is 4.82. The predicted octanol–water partition coefficient (Wildman–Crippen LogP) is 6.92. The maximum absolute atomic E-state index is 10.6.